The lowest BCUT2D eigenvalue weighted by Crippen LogP contribution is -2.34. The quantitative estimate of drug-likeness (QED) is 0.876. The Balaban J connectivity index is 1.65. The van der Waals surface area contributed by atoms with E-state index in [1.54, 1.807) is 7.11 Å². The first-order valence-electron chi connectivity index (χ1n) is 7.29. The summed E-state index contributed by atoms with van der Waals surface area (Å²) in [5.41, 5.74) is 11.7. The predicted octanol–water partition coefficient (Wildman–Crippen LogP) is 1.40. The first kappa shape index (κ1) is 13.8. The Labute approximate surface area is 125 Å². The summed E-state index contributed by atoms with van der Waals surface area (Å²) in [7, 11) is 1.68. The molecule has 0 spiro atoms. The number of nitrogens with one attached hydrogen (secondary N) is 1. The Morgan fingerprint density at radius 1 is 1.33 bits per heavy atom. The number of hydrogen-bond donors (Lipinski definition) is 2. The molecule has 0 unspecified atom stereocenters. The molecule has 3 rings (SSSR count). The van der Waals surface area contributed by atoms with Crippen LogP contribution >= 0.6 is 0 Å². The zero-order chi connectivity index (χ0) is 14.7. The van der Waals surface area contributed by atoms with Crippen LogP contribution in [0.15, 0.2) is 48.4 Å². The van der Waals surface area contributed by atoms with Crippen LogP contribution in [0.25, 0.3) is 0 Å². The van der Waals surface area contributed by atoms with Crippen LogP contribution in [-0.4, -0.2) is 36.1 Å². The van der Waals surface area contributed by atoms with E-state index in [0.29, 0.717) is 6.04 Å². The summed E-state index contributed by atoms with van der Waals surface area (Å²) in [6, 6.07) is 8.43. The molecule has 2 aliphatic heterocycles. The first-order valence-corrected chi connectivity index (χ1v) is 7.29. The van der Waals surface area contributed by atoms with Gasteiger partial charge in [0.2, 0.25) is 0 Å². The Morgan fingerprint density at radius 2 is 2.14 bits per heavy atom. The number of hydrogen-bond acceptors (Lipinski definition) is 5. The van der Waals surface area contributed by atoms with E-state index in [1.807, 2.05) is 18.3 Å². The Bertz CT molecular complexity index is 538. The van der Waals surface area contributed by atoms with Crippen LogP contribution in [-0.2, 0) is 6.54 Å². The van der Waals surface area contributed by atoms with Gasteiger partial charge in [0.25, 0.3) is 0 Å². The lowest BCUT2D eigenvalue weighted by molar-refractivity contribution is 0.285. The van der Waals surface area contributed by atoms with Crippen LogP contribution < -0.4 is 15.9 Å². The zero-order valence-corrected chi connectivity index (χ0v) is 12.3. The molecule has 0 amide bonds. The number of likely N-dealkylation sites (tertiary alicyclic amines) is 1. The van der Waals surface area contributed by atoms with E-state index >= 15 is 0 Å². The van der Waals surface area contributed by atoms with E-state index in [0.717, 1.165) is 31.8 Å². The number of benzene rings is 1. The van der Waals surface area contributed by atoms with E-state index in [-0.39, 0.29) is 0 Å². The van der Waals surface area contributed by atoms with Crippen molar-refractivity contribution >= 4 is 0 Å². The van der Waals surface area contributed by atoms with Crippen molar-refractivity contribution < 1.29 is 4.74 Å². The summed E-state index contributed by atoms with van der Waals surface area (Å²) >= 11 is 0. The number of nitrogens with two attached hydrogens (primary N) is 1. The topological polar surface area (TPSA) is 53.8 Å². The average molecular weight is 286 g/mol. The third kappa shape index (κ3) is 3.31. The van der Waals surface area contributed by atoms with Crippen LogP contribution in [0, 0.1) is 0 Å². The Kier molecular flexibility index (Phi) is 4.01. The maximum Gasteiger partial charge on any atom is 0.118 e. The third-order valence-electron chi connectivity index (χ3n) is 3.88. The molecule has 5 nitrogen and oxygen atoms in total. The summed E-state index contributed by atoms with van der Waals surface area (Å²) in [6.45, 7) is 2.78. The highest BCUT2D eigenvalue weighted by atomic mass is 16.5. The minimum absolute atomic E-state index is 0.296. The number of ether oxygens (including phenoxy) is 1. The molecule has 1 aromatic rings. The van der Waals surface area contributed by atoms with Crippen molar-refractivity contribution in [2.45, 2.75) is 19.0 Å². The standard InChI is InChI=1S/C16H22N4O/c1-21-16-4-2-13(3-5-16)10-20-12-15(6-8-18-20)19-9-7-14(17)11-19/h2-6,8,12,14,18H,7,9-11,17H2,1H3/t14-/m1/s1. The van der Waals surface area contributed by atoms with Crippen molar-refractivity contribution in [1.82, 2.24) is 15.3 Å². The van der Waals surface area contributed by atoms with Crippen LogP contribution in [0.2, 0.25) is 0 Å². The van der Waals surface area contributed by atoms with Gasteiger partial charge in [0.15, 0.2) is 0 Å². The Hall–Kier alpha value is -2.14. The van der Waals surface area contributed by atoms with Crippen molar-refractivity contribution in [2.75, 3.05) is 20.2 Å². The molecule has 5 heteroatoms. The van der Waals surface area contributed by atoms with Gasteiger partial charge in [0, 0.05) is 31.5 Å². The van der Waals surface area contributed by atoms with E-state index in [4.69, 9.17) is 10.5 Å². The fourth-order valence-corrected chi connectivity index (χ4v) is 2.69. The van der Waals surface area contributed by atoms with Crippen molar-refractivity contribution in [3.8, 4) is 5.75 Å². The van der Waals surface area contributed by atoms with Crippen molar-refractivity contribution in [3.63, 3.8) is 0 Å². The molecule has 0 radical (unpaired) electrons. The molecule has 2 heterocycles. The van der Waals surface area contributed by atoms with E-state index in [9.17, 15) is 0 Å². The smallest absolute Gasteiger partial charge is 0.118 e. The van der Waals surface area contributed by atoms with E-state index in [2.05, 4.69) is 39.7 Å². The second kappa shape index (κ2) is 6.10. The van der Waals surface area contributed by atoms with Gasteiger partial charge in [-0.25, -0.2) is 0 Å². The highest BCUT2D eigenvalue weighted by molar-refractivity contribution is 5.28. The molecule has 0 aromatic heterocycles. The lowest BCUT2D eigenvalue weighted by atomic mass is 10.2. The molecule has 2 aliphatic rings. The summed E-state index contributed by atoms with van der Waals surface area (Å²) < 4.78 is 5.18. The number of nitrogens with zero attached hydrogens (tertiary/aromatic N) is 2. The van der Waals surface area contributed by atoms with Crippen LogP contribution in [0.3, 0.4) is 0 Å². The highest BCUT2D eigenvalue weighted by Crippen LogP contribution is 2.19. The molecule has 1 fully saturated rings. The SMILES string of the molecule is COc1ccc(CN2C=C(N3CC[C@@H](N)C3)C=CN2)cc1. The van der Waals surface area contributed by atoms with Gasteiger partial charge in [0.05, 0.1) is 19.4 Å². The number of allylic oxidation sites excluding steroid dienone is 1. The normalized spacial score (nSPS) is 21.2. The number of methoxy groups -OCH3 is 1. The van der Waals surface area contributed by atoms with E-state index in [1.165, 1.54) is 11.3 Å². The second-order valence-electron chi connectivity index (χ2n) is 5.49. The molecule has 0 aliphatic carbocycles. The number of hydrazine groups is 1. The lowest BCUT2D eigenvalue weighted by Gasteiger charge is -2.29. The zero-order valence-electron chi connectivity index (χ0n) is 12.3. The van der Waals surface area contributed by atoms with Gasteiger partial charge in [-0.1, -0.05) is 12.1 Å². The summed E-state index contributed by atoms with van der Waals surface area (Å²) in [5, 5.41) is 2.08. The molecular weight excluding hydrogens is 264 g/mol. The highest BCUT2D eigenvalue weighted by Gasteiger charge is 2.21. The number of rotatable bonds is 4. The van der Waals surface area contributed by atoms with Gasteiger partial charge in [-0.05, 0) is 30.2 Å². The van der Waals surface area contributed by atoms with Crippen molar-refractivity contribution in [1.29, 1.82) is 0 Å². The summed E-state index contributed by atoms with van der Waals surface area (Å²) in [5.74, 6) is 0.882. The fraction of sp³-hybridized carbons (Fsp3) is 0.375. The van der Waals surface area contributed by atoms with Gasteiger partial charge < -0.3 is 20.8 Å². The average Bonchev–Trinajstić information content (AvgIpc) is 2.95. The van der Waals surface area contributed by atoms with E-state index < -0.39 is 0 Å². The van der Waals surface area contributed by atoms with Crippen LogP contribution in [0.1, 0.15) is 12.0 Å². The molecule has 0 saturated carbocycles. The predicted molar refractivity (Wildman–Crippen MR) is 83.1 cm³/mol. The van der Waals surface area contributed by atoms with Gasteiger partial charge in [-0.3, -0.25) is 5.01 Å². The maximum absolute atomic E-state index is 5.98. The fourth-order valence-electron chi connectivity index (χ4n) is 2.69. The minimum atomic E-state index is 0.296. The van der Waals surface area contributed by atoms with Crippen molar-refractivity contribution in [3.05, 3.63) is 54.0 Å². The maximum atomic E-state index is 5.98. The summed E-state index contributed by atoms with van der Waals surface area (Å²) in [6.07, 6.45) is 7.28. The van der Waals surface area contributed by atoms with Gasteiger partial charge in [-0.2, -0.15) is 0 Å². The monoisotopic (exact) mass is 286 g/mol. The largest absolute Gasteiger partial charge is 0.497 e. The molecule has 0 bridgehead atoms. The van der Waals surface area contributed by atoms with Crippen molar-refractivity contribution in [2.24, 2.45) is 5.73 Å². The van der Waals surface area contributed by atoms with Gasteiger partial charge in [-0.15, -0.1) is 0 Å². The second-order valence-corrected chi connectivity index (χ2v) is 5.49. The van der Waals surface area contributed by atoms with Gasteiger partial charge in [0.1, 0.15) is 5.75 Å². The Morgan fingerprint density at radius 3 is 2.81 bits per heavy atom. The van der Waals surface area contributed by atoms with Crippen LogP contribution in [0.4, 0.5) is 0 Å². The molecule has 112 valence electrons. The molecule has 1 atom stereocenters. The third-order valence-corrected chi connectivity index (χ3v) is 3.88. The molecule has 1 saturated heterocycles. The molecule has 1 aromatic carbocycles. The molecule has 21 heavy (non-hydrogen) atoms. The minimum Gasteiger partial charge on any atom is -0.497 e. The van der Waals surface area contributed by atoms with Crippen LogP contribution in [0.5, 0.6) is 5.75 Å². The molecule has 3 N–H and O–H groups in total. The molecular formula is C16H22N4O. The summed E-state index contributed by atoms with van der Waals surface area (Å²) in [4.78, 5) is 2.34. The van der Waals surface area contributed by atoms with Gasteiger partial charge >= 0.3 is 0 Å². The first-order chi connectivity index (χ1) is 10.2.